The summed E-state index contributed by atoms with van der Waals surface area (Å²) in [7, 11) is -5.81. The van der Waals surface area contributed by atoms with Gasteiger partial charge in [0.2, 0.25) is 0 Å². The Balaban J connectivity index is 1.91. The van der Waals surface area contributed by atoms with E-state index in [0.29, 0.717) is 38.5 Å². The Morgan fingerprint density at radius 1 is 0.325 bits per heavy atom. The number of phosphoric acid groups is 1. The molecule has 2 saturated heterocycles. The lowest BCUT2D eigenvalue weighted by Crippen LogP contribution is -2.70. The topological polar surface area (TPSA) is 380 Å². The van der Waals surface area contributed by atoms with Crippen LogP contribution in [0.5, 0.6) is 0 Å². The van der Waals surface area contributed by atoms with Crippen molar-refractivity contribution in [1.82, 2.24) is 0 Å². The van der Waals surface area contributed by atoms with E-state index in [4.69, 9.17) is 46.9 Å². The minimum absolute atomic E-state index is 0.00796. The zero-order valence-corrected chi connectivity index (χ0v) is 75.8. The van der Waals surface area contributed by atoms with E-state index in [9.17, 15) is 74.6 Å². The summed E-state index contributed by atoms with van der Waals surface area (Å²) in [6, 6.07) is 0. The molecule has 1 saturated carbocycles. The van der Waals surface area contributed by atoms with Crippen molar-refractivity contribution >= 4 is 31.7 Å². The van der Waals surface area contributed by atoms with Crippen LogP contribution in [0.2, 0.25) is 0 Å². The van der Waals surface area contributed by atoms with Crippen molar-refractivity contribution in [2.45, 2.75) is 511 Å². The minimum atomic E-state index is -5.81. The number of carbonyl (C=O) groups is 4. The maximum absolute atomic E-state index is 14.9. The van der Waals surface area contributed by atoms with Gasteiger partial charge >= 0.3 is 31.7 Å². The van der Waals surface area contributed by atoms with Crippen LogP contribution in [0, 0.1) is 0 Å². The van der Waals surface area contributed by atoms with Crippen molar-refractivity contribution in [1.29, 1.82) is 0 Å². The van der Waals surface area contributed by atoms with Crippen molar-refractivity contribution in [3.8, 4) is 0 Å². The van der Waals surface area contributed by atoms with Gasteiger partial charge in [0.15, 0.2) is 24.8 Å². The van der Waals surface area contributed by atoms with E-state index in [0.717, 1.165) is 173 Å². The molecular formula is C94H171O25P. The van der Waals surface area contributed by atoms with Gasteiger partial charge in [-0.1, -0.05) is 315 Å². The lowest BCUT2D eigenvalue weighted by Gasteiger charge is -2.50. The predicted molar refractivity (Wildman–Crippen MR) is 467 cm³/mol. The molecule has 0 amide bonds. The van der Waals surface area contributed by atoms with Crippen LogP contribution in [-0.4, -0.2) is 205 Å². The van der Waals surface area contributed by atoms with Crippen LogP contribution >= 0.6 is 7.82 Å². The number of unbranched alkanes of at least 4 members (excludes halogenated alkanes) is 48. The van der Waals surface area contributed by atoms with Crippen molar-refractivity contribution in [3.63, 3.8) is 0 Å². The summed E-state index contributed by atoms with van der Waals surface area (Å²) in [6.07, 6.45) is 35.4. The zero-order valence-electron chi connectivity index (χ0n) is 74.9. The summed E-state index contributed by atoms with van der Waals surface area (Å²) in [5.74, 6) is -2.97. The molecule has 702 valence electrons. The van der Waals surface area contributed by atoms with Crippen molar-refractivity contribution in [2.24, 2.45) is 0 Å². The second kappa shape index (κ2) is 72.7. The molecule has 18 atom stereocenters. The highest BCUT2D eigenvalue weighted by atomic mass is 31.2. The van der Waals surface area contributed by atoms with E-state index in [1.54, 1.807) is 0 Å². The normalized spacial score (nSPS) is 24.9. The first-order valence-corrected chi connectivity index (χ1v) is 49.7. The highest BCUT2D eigenvalue weighted by Gasteiger charge is 2.60. The van der Waals surface area contributed by atoms with Crippen LogP contribution in [0.15, 0.2) is 36.5 Å². The molecule has 3 rings (SSSR count). The maximum atomic E-state index is 14.9. The summed E-state index contributed by atoms with van der Waals surface area (Å²) < 4.78 is 73.5. The average Bonchev–Trinajstić information content (AvgIpc) is 0.753. The van der Waals surface area contributed by atoms with E-state index in [2.05, 4.69) is 64.2 Å². The molecule has 3 aliphatic rings. The van der Waals surface area contributed by atoms with Gasteiger partial charge in [-0.05, 0) is 103 Å². The summed E-state index contributed by atoms with van der Waals surface area (Å²) in [4.78, 5) is 66.6. The van der Waals surface area contributed by atoms with Gasteiger partial charge in [0.1, 0.15) is 92.6 Å². The molecule has 2 aliphatic heterocycles. The Labute approximate surface area is 723 Å². The Morgan fingerprint density at radius 2 is 0.625 bits per heavy atom. The molecule has 10 N–H and O–H groups in total. The minimum Gasteiger partial charge on any atom is -0.463 e. The third kappa shape index (κ3) is 52.1. The quantitative estimate of drug-likeness (QED) is 0.00889. The summed E-state index contributed by atoms with van der Waals surface area (Å²) >= 11 is 0. The second-order valence-corrected chi connectivity index (χ2v) is 35.6. The van der Waals surface area contributed by atoms with Crippen molar-refractivity contribution < 1.29 is 122 Å². The largest absolute Gasteiger partial charge is 0.472 e. The molecule has 18 unspecified atom stereocenters. The number of carbonyl (C=O) groups excluding carboxylic acids is 4. The molecule has 0 bridgehead atoms. The van der Waals surface area contributed by atoms with Crippen LogP contribution < -0.4 is 0 Å². The van der Waals surface area contributed by atoms with Crippen molar-refractivity contribution in [2.75, 3.05) is 26.4 Å². The van der Waals surface area contributed by atoms with Crippen LogP contribution in [0.4, 0.5) is 0 Å². The number of aliphatic hydroxyl groups is 9. The molecule has 3 fully saturated rings. The molecule has 25 nitrogen and oxygen atoms in total. The molecule has 1 aliphatic carbocycles. The first kappa shape index (κ1) is 111. The van der Waals surface area contributed by atoms with E-state index >= 15 is 0 Å². The van der Waals surface area contributed by atoms with E-state index in [1.165, 1.54) is 141 Å². The SMILES string of the molecule is CCCCCC/C=C\CCCCCCCCCC(=O)OCC1OC(OC2C(OC(=O)CCCCCCCCC/C=C\CCCCCC)C(O)C(O)C(OC3OC(CO)C(O)C(O)C3O)C2OP(=O)(O)OCC(COC(=O)CCCCCCCCCCCCCCCCCC)OC(=O)CCCCCCCCC/C=C\CCCCCC)C(O)C(O)C1O. The van der Waals surface area contributed by atoms with E-state index in [-0.39, 0.29) is 25.7 Å². The number of esters is 4. The summed E-state index contributed by atoms with van der Waals surface area (Å²) in [5, 5.41) is 102. The molecule has 26 heteroatoms. The monoisotopic (exact) mass is 1730 g/mol. The molecule has 0 radical (unpaired) electrons. The lowest BCUT2D eigenvalue weighted by atomic mass is 9.84. The molecule has 120 heavy (non-hydrogen) atoms. The second-order valence-electron chi connectivity index (χ2n) is 34.2. The van der Waals surface area contributed by atoms with Crippen LogP contribution in [-0.2, 0) is 70.7 Å². The number of rotatable bonds is 78. The van der Waals surface area contributed by atoms with E-state index < -0.39 is 162 Å². The molecular weight excluding hydrogens is 1560 g/mol. The number of allylic oxidation sites excluding steroid dienone is 6. The van der Waals surface area contributed by atoms with Gasteiger partial charge in [-0.25, -0.2) is 4.57 Å². The number of aliphatic hydroxyl groups excluding tert-OH is 9. The van der Waals surface area contributed by atoms with Crippen molar-refractivity contribution in [3.05, 3.63) is 36.5 Å². The molecule has 0 spiro atoms. The first-order valence-electron chi connectivity index (χ1n) is 48.2. The van der Waals surface area contributed by atoms with Gasteiger partial charge in [-0.15, -0.1) is 0 Å². The Bertz CT molecular complexity index is 2630. The Hall–Kier alpha value is -3.31. The van der Waals surface area contributed by atoms with Crippen LogP contribution in [0.25, 0.3) is 0 Å². The summed E-state index contributed by atoms with van der Waals surface area (Å²) in [6.45, 7) is 5.57. The fraction of sp³-hybridized carbons (Fsp3) is 0.894. The third-order valence-corrected chi connectivity index (χ3v) is 24.3. The standard InChI is InChI=1S/C94H171O25P/c1-5-9-13-17-21-25-29-33-37-41-43-46-50-54-58-62-66-77(96)110-71-74(113-79(98)68-64-60-56-52-48-44-39-35-31-27-23-19-15-11-7-3)72-112-120(108,109)119-92-90(117-93-87(106)83(102)81(100)75(70-95)114-93)86(105)85(104)89(116-80(99)69-65-61-57-53-49-45-40-36-32-28-24-20-16-12-8-4)91(92)118-94-88(107)84(103)82(101)76(115-94)73-111-78(97)67-63-59-55-51-47-42-38-34-30-26-22-18-14-10-6-2/h26-28,30-32,74-76,81-95,100-107H,5-25,29,33-73H2,1-4H3,(H,108,109)/b30-26-,31-27-,32-28-. The Kier molecular flexibility index (Phi) is 67.2. The molecule has 0 aromatic carbocycles. The number of hydrogen-bond donors (Lipinski definition) is 10. The fourth-order valence-electron chi connectivity index (χ4n) is 15.7. The maximum Gasteiger partial charge on any atom is 0.472 e. The van der Waals surface area contributed by atoms with Gasteiger partial charge in [0, 0.05) is 25.7 Å². The lowest BCUT2D eigenvalue weighted by molar-refractivity contribution is -0.360. The molecule has 0 aromatic heterocycles. The number of hydrogen-bond acceptors (Lipinski definition) is 24. The predicted octanol–water partition coefficient (Wildman–Crippen LogP) is 18.3. The summed E-state index contributed by atoms with van der Waals surface area (Å²) in [5.41, 5.74) is 0. The Morgan fingerprint density at radius 3 is 1.00 bits per heavy atom. The van der Waals surface area contributed by atoms with Gasteiger partial charge in [-0.3, -0.25) is 28.2 Å². The first-order chi connectivity index (χ1) is 58.2. The highest BCUT2D eigenvalue weighted by Crippen LogP contribution is 2.49. The molecule has 2 heterocycles. The van der Waals surface area contributed by atoms with E-state index in [1.807, 2.05) is 0 Å². The van der Waals surface area contributed by atoms with Crippen LogP contribution in [0.3, 0.4) is 0 Å². The van der Waals surface area contributed by atoms with Crippen LogP contribution in [0.1, 0.15) is 407 Å². The third-order valence-electron chi connectivity index (χ3n) is 23.3. The number of ether oxygens (including phenoxy) is 8. The smallest absolute Gasteiger partial charge is 0.463 e. The van der Waals surface area contributed by atoms with Gasteiger partial charge < -0.3 is 88.7 Å². The molecule has 0 aromatic rings. The van der Waals surface area contributed by atoms with Gasteiger partial charge in [0.05, 0.1) is 13.2 Å². The fourth-order valence-corrected chi connectivity index (χ4v) is 16.6. The van der Waals surface area contributed by atoms with Gasteiger partial charge in [-0.2, -0.15) is 0 Å². The van der Waals surface area contributed by atoms with Gasteiger partial charge in [0.25, 0.3) is 0 Å². The number of phosphoric ester groups is 1. The highest BCUT2D eigenvalue weighted by molar-refractivity contribution is 7.47. The average molecular weight is 1730 g/mol. The zero-order chi connectivity index (χ0) is 87.5.